The third-order valence-corrected chi connectivity index (χ3v) is 1.99. The van der Waals surface area contributed by atoms with Crippen molar-refractivity contribution < 1.29 is 4.79 Å². The first-order valence-electron chi connectivity index (χ1n) is 3.92. The fraction of sp³-hybridized carbons (Fsp3) is 0.571. The van der Waals surface area contributed by atoms with Gasteiger partial charge in [-0.3, -0.25) is 4.57 Å². The van der Waals surface area contributed by atoms with Crippen LogP contribution in [0.1, 0.15) is 18.7 Å². The molecule has 0 saturated carbocycles. The first-order valence-corrected chi connectivity index (χ1v) is 3.92. The first-order chi connectivity index (χ1) is 5.92. The minimum absolute atomic E-state index is 0.389. The van der Waals surface area contributed by atoms with Crippen LogP contribution in [0.25, 0.3) is 0 Å². The van der Waals surface area contributed by atoms with Crippen molar-refractivity contribution in [2.24, 2.45) is 4.99 Å². The Kier molecular flexibility index (Phi) is 1.72. The lowest BCUT2D eigenvalue weighted by molar-refractivity contribution is 0.524. The molecule has 0 amide bonds. The van der Waals surface area contributed by atoms with Gasteiger partial charge in [0, 0.05) is 13.0 Å². The van der Waals surface area contributed by atoms with Crippen molar-refractivity contribution in [2.75, 3.05) is 0 Å². The molecule has 0 aliphatic carbocycles. The molecule has 2 rings (SSSR count). The molecule has 0 atom stereocenters. The van der Waals surface area contributed by atoms with Gasteiger partial charge in [0.05, 0.1) is 0 Å². The normalized spacial score (nSPS) is 15.0. The van der Waals surface area contributed by atoms with E-state index in [-0.39, 0.29) is 0 Å². The van der Waals surface area contributed by atoms with E-state index < -0.39 is 0 Å². The number of nitrogens with zero attached hydrogens (tertiary/aromatic N) is 4. The van der Waals surface area contributed by atoms with Gasteiger partial charge >= 0.3 is 0 Å². The van der Waals surface area contributed by atoms with Gasteiger partial charge in [0.1, 0.15) is 5.82 Å². The van der Waals surface area contributed by atoms with Crippen LogP contribution in [0.2, 0.25) is 0 Å². The third-order valence-electron chi connectivity index (χ3n) is 1.99. The largest absolute Gasteiger partial charge is 0.295 e. The summed E-state index contributed by atoms with van der Waals surface area (Å²) in [7, 11) is 0. The summed E-state index contributed by atoms with van der Waals surface area (Å²) in [5, 5.41) is 7.69. The van der Waals surface area contributed by atoms with Gasteiger partial charge in [0.25, 0.3) is 5.95 Å². The molecule has 0 N–H and O–H groups in total. The Morgan fingerprint density at radius 1 is 1.42 bits per heavy atom. The van der Waals surface area contributed by atoms with Gasteiger partial charge in [0.15, 0.2) is 0 Å². The highest BCUT2D eigenvalue weighted by molar-refractivity contribution is 5.41. The second kappa shape index (κ2) is 2.87. The molecule has 0 radical (unpaired) electrons. The van der Waals surface area contributed by atoms with Gasteiger partial charge in [-0.2, -0.15) is 0 Å². The van der Waals surface area contributed by atoms with Crippen molar-refractivity contribution in [1.82, 2.24) is 14.8 Å². The maximum absolute atomic E-state index is 9.99. The quantitative estimate of drug-likeness (QED) is 0.450. The molecule has 0 saturated heterocycles. The zero-order valence-corrected chi connectivity index (χ0v) is 6.53. The van der Waals surface area contributed by atoms with Crippen LogP contribution >= 0.6 is 0 Å². The second-order valence-corrected chi connectivity index (χ2v) is 2.73. The molecule has 12 heavy (non-hydrogen) atoms. The molecule has 5 nitrogen and oxygen atoms in total. The number of hydrogen-bond acceptors (Lipinski definition) is 4. The average Bonchev–Trinajstić information content (AvgIpc) is 2.50. The van der Waals surface area contributed by atoms with Gasteiger partial charge in [-0.25, -0.2) is 4.79 Å². The van der Waals surface area contributed by atoms with Gasteiger partial charge in [0.2, 0.25) is 6.08 Å². The van der Waals surface area contributed by atoms with E-state index in [1.54, 1.807) is 0 Å². The lowest BCUT2D eigenvalue weighted by atomic mass is 10.2. The molecule has 0 fully saturated rings. The summed E-state index contributed by atoms with van der Waals surface area (Å²) in [5.41, 5.74) is 0. The molecular formula is C7H8N4O. The predicted molar refractivity (Wildman–Crippen MR) is 40.7 cm³/mol. The Balaban J connectivity index is 2.44. The monoisotopic (exact) mass is 164 g/mol. The minimum Gasteiger partial charge on any atom is -0.295 e. The van der Waals surface area contributed by atoms with Gasteiger partial charge in [-0.05, 0) is 12.8 Å². The van der Waals surface area contributed by atoms with Gasteiger partial charge < -0.3 is 0 Å². The van der Waals surface area contributed by atoms with Crippen LogP contribution in [0.4, 0.5) is 5.95 Å². The zero-order valence-electron chi connectivity index (χ0n) is 6.53. The van der Waals surface area contributed by atoms with Crippen molar-refractivity contribution >= 4 is 12.0 Å². The van der Waals surface area contributed by atoms with Crippen LogP contribution in [-0.2, 0) is 17.8 Å². The summed E-state index contributed by atoms with van der Waals surface area (Å²) < 4.78 is 1.87. The van der Waals surface area contributed by atoms with Crippen molar-refractivity contribution in [3.05, 3.63) is 5.82 Å². The first kappa shape index (κ1) is 7.18. The molecule has 0 spiro atoms. The number of aliphatic imine (C=N–C) groups is 1. The van der Waals surface area contributed by atoms with Crippen LogP contribution in [0, 0.1) is 0 Å². The van der Waals surface area contributed by atoms with Gasteiger partial charge in [-0.1, -0.05) is 0 Å². The van der Waals surface area contributed by atoms with Crippen LogP contribution in [0.3, 0.4) is 0 Å². The number of aryl methyl sites for hydroxylation is 1. The number of carbonyl (C=O) groups excluding carboxylic acids is 1. The molecule has 0 unspecified atom stereocenters. The topological polar surface area (TPSA) is 60.1 Å². The highest BCUT2D eigenvalue weighted by Crippen LogP contribution is 2.18. The molecule has 1 aromatic heterocycles. The van der Waals surface area contributed by atoms with E-state index in [1.807, 2.05) is 4.57 Å². The fourth-order valence-corrected chi connectivity index (χ4v) is 1.42. The van der Waals surface area contributed by atoms with Crippen molar-refractivity contribution in [2.45, 2.75) is 25.8 Å². The molecule has 5 heteroatoms. The lowest BCUT2D eigenvalue weighted by Crippen LogP contribution is -2.09. The van der Waals surface area contributed by atoms with Crippen molar-refractivity contribution in [3.63, 3.8) is 0 Å². The highest BCUT2D eigenvalue weighted by Gasteiger charge is 2.14. The van der Waals surface area contributed by atoms with Crippen LogP contribution in [0.5, 0.6) is 0 Å². The van der Waals surface area contributed by atoms with E-state index in [9.17, 15) is 4.79 Å². The summed E-state index contributed by atoms with van der Waals surface area (Å²) in [5.74, 6) is 1.31. The molecular weight excluding hydrogens is 156 g/mol. The molecule has 1 aliphatic heterocycles. The number of fused-ring (bicyclic) bond motifs is 1. The third kappa shape index (κ3) is 1.04. The predicted octanol–water partition coefficient (Wildman–Crippen LogP) is 0.582. The minimum atomic E-state index is 0.389. The average molecular weight is 164 g/mol. The Morgan fingerprint density at radius 3 is 3.17 bits per heavy atom. The van der Waals surface area contributed by atoms with E-state index in [4.69, 9.17) is 0 Å². The molecule has 62 valence electrons. The van der Waals surface area contributed by atoms with E-state index >= 15 is 0 Å². The number of isocyanates is 1. The Bertz CT molecular complexity index is 337. The summed E-state index contributed by atoms with van der Waals surface area (Å²) in [6, 6.07) is 0. The summed E-state index contributed by atoms with van der Waals surface area (Å²) in [4.78, 5) is 13.4. The second-order valence-electron chi connectivity index (χ2n) is 2.73. The van der Waals surface area contributed by atoms with Crippen molar-refractivity contribution in [1.29, 1.82) is 0 Å². The number of rotatable bonds is 1. The molecule has 1 aromatic rings. The molecule has 0 aromatic carbocycles. The smallest absolute Gasteiger partial charge is 0.261 e. The fourth-order valence-electron chi connectivity index (χ4n) is 1.42. The van der Waals surface area contributed by atoms with E-state index in [0.29, 0.717) is 5.95 Å². The zero-order chi connectivity index (χ0) is 8.39. The van der Waals surface area contributed by atoms with Crippen LogP contribution in [0.15, 0.2) is 4.99 Å². The summed E-state index contributed by atoms with van der Waals surface area (Å²) >= 11 is 0. The maximum Gasteiger partial charge on any atom is 0.261 e. The van der Waals surface area contributed by atoms with E-state index in [2.05, 4.69) is 15.2 Å². The maximum atomic E-state index is 9.99. The molecule has 1 aliphatic rings. The van der Waals surface area contributed by atoms with Crippen LogP contribution in [-0.4, -0.2) is 20.8 Å². The number of hydrogen-bond donors (Lipinski definition) is 0. The summed E-state index contributed by atoms with van der Waals surface area (Å²) in [6.45, 7) is 0.864. The standard InChI is InChI=1S/C7H8N4O/c12-5-8-7-10-9-6-3-1-2-4-11(6)7/h1-4H2. The van der Waals surface area contributed by atoms with E-state index in [0.717, 1.165) is 31.6 Å². The molecule has 2 heterocycles. The van der Waals surface area contributed by atoms with Crippen LogP contribution < -0.4 is 0 Å². The Labute approximate surface area is 69.1 Å². The summed E-state index contributed by atoms with van der Waals surface area (Å²) in [6.07, 6.45) is 4.65. The van der Waals surface area contributed by atoms with E-state index in [1.165, 1.54) is 6.08 Å². The lowest BCUT2D eigenvalue weighted by Gasteiger charge is -2.11. The van der Waals surface area contributed by atoms with Gasteiger partial charge in [-0.15, -0.1) is 15.2 Å². The Morgan fingerprint density at radius 2 is 2.33 bits per heavy atom. The highest BCUT2D eigenvalue weighted by atomic mass is 16.1. The molecule has 0 bridgehead atoms. The van der Waals surface area contributed by atoms with Crippen molar-refractivity contribution in [3.8, 4) is 0 Å². The Hall–Kier alpha value is -1.48. The number of aromatic nitrogens is 3. The SMILES string of the molecule is O=C=Nc1nnc2n1CCCC2.